The molecule has 128 valence electrons. The van der Waals surface area contributed by atoms with Gasteiger partial charge < -0.3 is 14.6 Å². The van der Waals surface area contributed by atoms with Crippen molar-refractivity contribution < 1.29 is 19.4 Å². The number of ether oxygens (including phenoxy) is 2. The van der Waals surface area contributed by atoms with Gasteiger partial charge in [0.2, 0.25) is 0 Å². The van der Waals surface area contributed by atoms with Crippen molar-refractivity contribution in [3.05, 3.63) is 35.9 Å². The van der Waals surface area contributed by atoms with E-state index >= 15 is 0 Å². The molecule has 1 N–H and O–H groups in total. The average molecular weight is 320 g/mol. The molecular formula is C19H28O4. The number of esters is 1. The smallest absolute Gasteiger partial charge is 0.306 e. The van der Waals surface area contributed by atoms with Gasteiger partial charge in [-0.05, 0) is 50.0 Å². The molecule has 3 atom stereocenters. The van der Waals surface area contributed by atoms with Gasteiger partial charge in [0.1, 0.15) is 0 Å². The highest BCUT2D eigenvalue weighted by atomic mass is 16.5. The molecule has 1 aliphatic rings. The van der Waals surface area contributed by atoms with E-state index in [0.717, 1.165) is 25.7 Å². The Balaban J connectivity index is 1.67. The summed E-state index contributed by atoms with van der Waals surface area (Å²) in [7, 11) is 0. The molecule has 0 aliphatic heterocycles. The molecule has 4 heteroatoms. The summed E-state index contributed by atoms with van der Waals surface area (Å²) in [5, 5.41) is 10.1. The number of hydrogen-bond acceptors (Lipinski definition) is 4. The Morgan fingerprint density at radius 3 is 2.78 bits per heavy atom. The molecule has 0 heterocycles. The zero-order valence-electron chi connectivity index (χ0n) is 13.9. The molecule has 0 bridgehead atoms. The van der Waals surface area contributed by atoms with E-state index in [1.54, 1.807) is 0 Å². The van der Waals surface area contributed by atoms with Crippen LogP contribution >= 0.6 is 0 Å². The quantitative estimate of drug-likeness (QED) is 0.560. The number of carbonyl (C=O) groups is 1. The molecule has 0 spiro atoms. The van der Waals surface area contributed by atoms with E-state index in [1.807, 2.05) is 25.1 Å². The van der Waals surface area contributed by atoms with Gasteiger partial charge in [-0.3, -0.25) is 4.79 Å². The van der Waals surface area contributed by atoms with Crippen molar-refractivity contribution in [2.75, 3.05) is 13.2 Å². The van der Waals surface area contributed by atoms with E-state index in [1.165, 1.54) is 5.56 Å². The Morgan fingerprint density at radius 2 is 2.04 bits per heavy atom. The molecule has 3 unspecified atom stereocenters. The Labute approximate surface area is 138 Å². The Bertz CT molecular complexity index is 460. The van der Waals surface area contributed by atoms with Gasteiger partial charge in [-0.15, -0.1) is 0 Å². The molecule has 1 saturated carbocycles. The van der Waals surface area contributed by atoms with Crippen molar-refractivity contribution in [2.24, 2.45) is 11.8 Å². The van der Waals surface area contributed by atoms with Crippen LogP contribution in [0.4, 0.5) is 0 Å². The lowest BCUT2D eigenvalue weighted by Gasteiger charge is -2.21. The van der Waals surface area contributed by atoms with Crippen molar-refractivity contribution in [3.8, 4) is 0 Å². The third kappa shape index (κ3) is 5.96. The second-order valence-electron chi connectivity index (χ2n) is 6.26. The summed E-state index contributed by atoms with van der Waals surface area (Å²) < 4.78 is 10.7. The first-order valence-corrected chi connectivity index (χ1v) is 8.66. The first kappa shape index (κ1) is 18.0. The molecule has 1 aromatic carbocycles. The number of aliphatic hydroxyl groups is 1. The molecular weight excluding hydrogens is 292 g/mol. The molecule has 0 amide bonds. The summed E-state index contributed by atoms with van der Waals surface area (Å²) in [4.78, 5) is 11.7. The van der Waals surface area contributed by atoms with Gasteiger partial charge in [-0.25, -0.2) is 0 Å². The Morgan fingerprint density at radius 1 is 1.26 bits per heavy atom. The van der Waals surface area contributed by atoms with Crippen molar-refractivity contribution in [2.45, 2.75) is 51.7 Å². The zero-order valence-corrected chi connectivity index (χ0v) is 13.9. The zero-order chi connectivity index (χ0) is 16.5. The standard InChI is InChI=1S/C19H28O4/c1-2-23-19(21)13-16-10-11-18(20)17(16)9-6-12-22-14-15-7-4-3-5-8-15/h3-5,7-8,16-18,20H,2,6,9-14H2,1H3. The number of hydrogen-bond donors (Lipinski definition) is 1. The van der Waals surface area contributed by atoms with E-state index in [4.69, 9.17) is 9.47 Å². The lowest BCUT2D eigenvalue weighted by atomic mass is 9.88. The fourth-order valence-electron chi connectivity index (χ4n) is 3.43. The molecule has 2 rings (SSSR count). The maximum absolute atomic E-state index is 11.7. The Hall–Kier alpha value is -1.39. The van der Waals surface area contributed by atoms with E-state index in [-0.39, 0.29) is 23.9 Å². The van der Waals surface area contributed by atoms with Crippen LogP contribution in [0.1, 0.15) is 44.6 Å². The average Bonchev–Trinajstić information content (AvgIpc) is 2.89. The number of benzene rings is 1. The lowest BCUT2D eigenvalue weighted by Crippen LogP contribution is -2.22. The Kier molecular flexibility index (Phi) is 7.56. The van der Waals surface area contributed by atoms with Crippen LogP contribution in [-0.2, 0) is 20.9 Å². The highest BCUT2D eigenvalue weighted by Gasteiger charge is 2.35. The highest BCUT2D eigenvalue weighted by Crippen LogP contribution is 2.37. The fraction of sp³-hybridized carbons (Fsp3) is 0.632. The molecule has 1 aliphatic carbocycles. The monoisotopic (exact) mass is 320 g/mol. The summed E-state index contributed by atoms with van der Waals surface area (Å²) in [6.45, 7) is 3.56. The largest absolute Gasteiger partial charge is 0.466 e. The SMILES string of the molecule is CCOC(=O)CC1CCC(O)C1CCCOCc1ccccc1. The molecule has 4 nitrogen and oxygen atoms in total. The summed E-state index contributed by atoms with van der Waals surface area (Å²) >= 11 is 0. The molecule has 0 aromatic heterocycles. The van der Waals surface area contributed by atoms with Gasteiger partial charge in [-0.1, -0.05) is 30.3 Å². The van der Waals surface area contributed by atoms with E-state index in [9.17, 15) is 9.90 Å². The first-order chi connectivity index (χ1) is 11.2. The van der Waals surface area contributed by atoms with Crippen molar-refractivity contribution >= 4 is 5.97 Å². The topological polar surface area (TPSA) is 55.8 Å². The molecule has 1 fully saturated rings. The third-order valence-corrected chi connectivity index (χ3v) is 4.60. The van der Waals surface area contributed by atoms with Crippen LogP contribution in [0.2, 0.25) is 0 Å². The van der Waals surface area contributed by atoms with Crippen LogP contribution in [0.5, 0.6) is 0 Å². The number of carbonyl (C=O) groups excluding carboxylic acids is 1. The van der Waals surface area contributed by atoms with Gasteiger partial charge in [0.25, 0.3) is 0 Å². The van der Waals surface area contributed by atoms with E-state index < -0.39 is 0 Å². The van der Waals surface area contributed by atoms with Crippen LogP contribution in [-0.4, -0.2) is 30.4 Å². The summed E-state index contributed by atoms with van der Waals surface area (Å²) in [6, 6.07) is 10.1. The van der Waals surface area contributed by atoms with Crippen molar-refractivity contribution in [3.63, 3.8) is 0 Å². The highest BCUT2D eigenvalue weighted by molar-refractivity contribution is 5.69. The van der Waals surface area contributed by atoms with Crippen molar-refractivity contribution in [1.29, 1.82) is 0 Å². The fourth-order valence-corrected chi connectivity index (χ4v) is 3.43. The second kappa shape index (κ2) is 9.68. The summed E-state index contributed by atoms with van der Waals surface area (Å²) in [5.41, 5.74) is 1.17. The van der Waals surface area contributed by atoms with Crippen LogP contribution in [0.15, 0.2) is 30.3 Å². The summed E-state index contributed by atoms with van der Waals surface area (Å²) in [5.74, 6) is 0.301. The summed E-state index contributed by atoms with van der Waals surface area (Å²) in [6.07, 6.45) is 3.66. The maximum atomic E-state index is 11.7. The first-order valence-electron chi connectivity index (χ1n) is 8.66. The van der Waals surface area contributed by atoms with Crippen LogP contribution in [0, 0.1) is 11.8 Å². The number of aliphatic hydroxyl groups excluding tert-OH is 1. The molecule has 0 radical (unpaired) electrons. The van der Waals surface area contributed by atoms with Gasteiger partial charge in [0, 0.05) is 13.0 Å². The van der Waals surface area contributed by atoms with E-state index in [0.29, 0.717) is 26.2 Å². The number of rotatable bonds is 9. The van der Waals surface area contributed by atoms with E-state index in [2.05, 4.69) is 12.1 Å². The maximum Gasteiger partial charge on any atom is 0.306 e. The van der Waals surface area contributed by atoms with Crippen LogP contribution < -0.4 is 0 Å². The normalized spacial score (nSPS) is 23.8. The molecule has 0 saturated heterocycles. The van der Waals surface area contributed by atoms with Gasteiger partial charge in [0.05, 0.1) is 19.3 Å². The minimum Gasteiger partial charge on any atom is -0.466 e. The minimum absolute atomic E-state index is 0.142. The second-order valence-corrected chi connectivity index (χ2v) is 6.26. The molecule has 23 heavy (non-hydrogen) atoms. The minimum atomic E-state index is -0.288. The van der Waals surface area contributed by atoms with Crippen LogP contribution in [0.25, 0.3) is 0 Å². The van der Waals surface area contributed by atoms with Crippen molar-refractivity contribution in [1.82, 2.24) is 0 Å². The van der Waals surface area contributed by atoms with Gasteiger partial charge in [0.15, 0.2) is 0 Å². The predicted octanol–water partition coefficient (Wildman–Crippen LogP) is 3.32. The van der Waals surface area contributed by atoms with Gasteiger partial charge in [-0.2, -0.15) is 0 Å². The lowest BCUT2D eigenvalue weighted by molar-refractivity contribution is -0.144. The molecule has 1 aromatic rings. The van der Waals surface area contributed by atoms with Gasteiger partial charge >= 0.3 is 5.97 Å². The predicted molar refractivity (Wildman–Crippen MR) is 88.8 cm³/mol. The van der Waals surface area contributed by atoms with Crippen LogP contribution in [0.3, 0.4) is 0 Å². The third-order valence-electron chi connectivity index (χ3n) is 4.60.